The van der Waals surface area contributed by atoms with Gasteiger partial charge in [-0.3, -0.25) is 14.6 Å². The van der Waals surface area contributed by atoms with Gasteiger partial charge in [-0.05, 0) is 84.9 Å². The average molecular weight is 570 g/mol. The third-order valence-corrected chi connectivity index (χ3v) is 7.93. The molecule has 0 radical (unpaired) electrons. The summed E-state index contributed by atoms with van der Waals surface area (Å²) in [4.78, 5) is 34.1. The van der Waals surface area contributed by atoms with E-state index in [1.54, 1.807) is 34.6 Å². The van der Waals surface area contributed by atoms with E-state index >= 15 is 0 Å². The molecule has 1 aromatic rings. The number of guanidine groups is 1. The van der Waals surface area contributed by atoms with Crippen molar-refractivity contribution in [2.45, 2.75) is 96.8 Å². The number of nitrogens with zero attached hydrogens (tertiary/aromatic N) is 2. The maximum Gasteiger partial charge on any atom is 0.408 e. The van der Waals surface area contributed by atoms with Crippen molar-refractivity contribution in [3.8, 4) is 5.75 Å². The number of rotatable bonds is 9. The zero-order chi connectivity index (χ0) is 29.9. The highest BCUT2D eigenvalue weighted by molar-refractivity contribution is 7.90. The van der Waals surface area contributed by atoms with Crippen molar-refractivity contribution in [2.24, 2.45) is 10.7 Å². The number of hydrogen-bond donors (Lipinski definition) is 3. The van der Waals surface area contributed by atoms with Gasteiger partial charge in [-0.1, -0.05) is 0 Å². The lowest BCUT2D eigenvalue weighted by molar-refractivity contribution is -0.171. The molecule has 0 saturated carbocycles. The van der Waals surface area contributed by atoms with Crippen LogP contribution in [-0.4, -0.2) is 69.4 Å². The number of likely N-dealkylation sites (N-methyl/N-ethyl adjacent to an activating group) is 1. The summed E-state index contributed by atoms with van der Waals surface area (Å²) in [5.41, 5.74) is 7.62. The van der Waals surface area contributed by atoms with Gasteiger partial charge in [-0.2, -0.15) is 0 Å². The fraction of sp³-hybridized carbons (Fsp3) is 0.654. The molecule has 12 nitrogen and oxygen atoms in total. The predicted octanol–water partition coefficient (Wildman–Crippen LogP) is 2.61. The van der Waals surface area contributed by atoms with E-state index in [4.69, 9.17) is 20.0 Å². The van der Waals surface area contributed by atoms with Gasteiger partial charge >= 0.3 is 6.09 Å². The van der Waals surface area contributed by atoms with Gasteiger partial charge in [0.05, 0.1) is 12.0 Å². The topological polar surface area (TPSA) is 162 Å². The Labute approximate surface area is 231 Å². The van der Waals surface area contributed by atoms with Crippen LogP contribution < -0.4 is 20.5 Å². The van der Waals surface area contributed by atoms with Gasteiger partial charge in [-0.25, -0.2) is 23.0 Å². The highest BCUT2D eigenvalue weighted by Crippen LogP contribution is 2.43. The molecule has 1 aliphatic heterocycles. The minimum absolute atomic E-state index is 0.105. The Morgan fingerprint density at radius 3 is 2.36 bits per heavy atom. The normalized spacial score (nSPS) is 15.7. The summed E-state index contributed by atoms with van der Waals surface area (Å²) in [6.45, 7) is 14.5. The molecule has 2 rings (SSSR count). The van der Waals surface area contributed by atoms with Crippen LogP contribution in [0.4, 0.5) is 4.79 Å². The smallest absolute Gasteiger partial charge is 0.408 e. The Morgan fingerprint density at radius 2 is 1.79 bits per heavy atom. The van der Waals surface area contributed by atoms with Gasteiger partial charge in [0, 0.05) is 25.6 Å². The van der Waals surface area contributed by atoms with E-state index in [1.807, 2.05) is 20.8 Å². The summed E-state index contributed by atoms with van der Waals surface area (Å²) >= 11 is 0. The minimum atomic E-state index is -4.03. The van der Waals surface area contributed by atoms with Crippen molar-refractivity contribution in [1.29, 1.82) is 0 Å². The molecule has 1 atom stereocenters. The van der Waals surface area contributed by atoms with Crippen LogP contribution in [0.2, 0.25) is 0 Å². The molecule has 1 unspecified atom stereocenters. The first-order chi connectivity index (χ1) is 17.8. The summed E-state index contributed by atoms with van der Waals surface area (Å²) in [5.74, 6) is -0.0228. The van der Waals surface area contributed by atoms with Crippen LogP contribution in [0.1, 0.15) is 69.7 Å². The van der Waals surface area contributed by atoms with E-state index < -0.39 is 39.3 Å². The molecular weight excluding hydrogens is 526 g/mol. The number of carbonyl (C=O) groups excluding carboxylic acids is 2. The molecule has 39 heavy (non-hydrogen) atoms. The third-order valence-electron chi connectivity index (χ3n) is 6.31. The molecule has 4 N–H and O–H groups in total. The van der Waals surface area contributed by atoms with Crippen LogP contribution in [0.15, 0.2) is 9.89 Å². The van der Waals surface area contributed by atoms with Crippen LogP contribution in [0.3, 0.4) is 0 Å². The molecule has 1 aliphatic rings. The molecule has 220 valence electrons. The van der Waals surface area contributed by atoms with Gasteiger partial charge in [0.1, 0.15) is 23.0 Å². The van der Waals surface area contributed by atoms with Crippen LogP contribution in [0.25, 0.3) is 0 Å². The average Bonchev–Trinajstić information content (AvgIpc) is 3.12. The molecular formula is C26H43N5O7S. The second-order valence-corrected chi connectivity index (χ2v) is 12.9. The molecule has 2 amide bonds. The SMILES string of the molecule is CON(C)C(=O)C(CCCN=C(N)NS(=O)(=O)c1c(C)c(C)c2c(c1C)CC(C)(C)O2)NC(=O)OC(C)(C)C. The first kappa shape index (κ1) is 32.2. The number of nitrogens with one attached hydrogen (secondary N) is 2. The molecule has 0 aliphatic carbocycles. The molecule has 1 aromatic carbocycles. The molecule has 0 spiro atoms. The van der Waals surface area contributed by atoms with E-state index in [1.165, 1.54) is 14.2 Å². The maximum atomic E-state index is 13.3. The second-order valence-electron chi connectivity index (χ2n) is 11.3. The fourth-order valence-corrected chi connectivity index (χ4v) is 5.90. The third kappa shape index (κ3) is 8.21. The lowest BCUT2D eigenvalue weighted by Gasteiger charge is -2.25. The first-order valence-electron chi connectivity index (χ1n) is 12.7. The Morgan fingerprint density at radius 1 is 1.18 bits per heavy atom. The molecule has 0 fully saturated rings. The summed E-state index contributed by atoms with van der Waals surface area (Å²) in [5, 5.41) is 3.55. The standard InChI is InChI=1S/C26H43N5O7S/c1-15-16(2)21(17(3)18-14-26(7,8)37-20(15)18)39(34,35)30-23(27)28-13-11-12-19(22(32)31(9)36-10)29-24(33)38-25(4,5)6/h19H,11-14H2,1-10H3,(H,29,33)(H3,27,28,30). The largest absolute Gasteiger partial charge is 0.487 e. The van der Waals surface area contributed by atoms with Crippen molar-refractivity contribution >= 4 is 28.0 Å². The Bertz CT molecular complexity index is 1240. The van der Waals surface area contributed by atoms with Gasteiger partial charge < -0.3 is 20.5 Å². The number of ether oxygens (including phenoxy) is 2. The highest BCUT2D eigenvalue weighted by Gasteiger charge is 2.36. The van der Waals surface area contributed by atoms with Gasteiger partial charge in [-0.15, -0.1) is 0 Å². The number of hydroxylamine groups is 2. The minimum Gasteiger partial charge on any atom is -0.487 e. The quantitative estimate of drug-likeness (QED) is 0.177. The molecule has 0 saturated heterocycles. The predicted molar refractivity (Wildman–Crippen MR) is 148 cm³/mol. The van der Waals surface area contributed by atoms with Gasteiger partial charge in [0.2, 0.25) is 5.96 Å². The van der Waals surface area contributed by atoms with Crippen molar-refractivity contribution in [3.63, 3.8) is 0 Å². The molecule has 13 heteroatoms. The summed E-state index contributed by atoms with van der Waals surface area (Å²) < 4.78 is 40.4. The van der Waals surface area contributed by atoms with Crippen LogP contribution in [0.5, 0.6) is 5.75 Å². The highest BCUT2D eigenvalue weighted by atomic mass is 32.2. The number of nitrogens with two attached hydrogens (primary N) is 1. The van der Waals surface area contributed by atoms with Gasteiger partial charge in [0.15, 0.2) is 0 Å². The maximum absolute atomic E-state index is 13.3. The molecule has 0 bridgehead atoms. The Hall–Kier alpha value is -3.06. The number of sulfonamides is 1. The first-order valence-corrected chi connectivity index (χ1v) is 14.2. The number of carbonyl (C=O) groups is 2. The number of benzene rings is 1. The lowest BCUT2D eigenvalue weighted by atomic mass is 9.94. The summed E-state index contributed by atoms with van der Waals surface area (Å²) in [6.07, 6.45) is 0.351. The van der Waals surface area contributed by atoms with E-state index in [0.29, 0.717) is 24.0 Å². The number of hydrogen-bond acceptors (Lipinski definition) is 8. The summed E-state index contributed by atoms with van der Waals surface area (Å²) in [7, 11) is -1.27. The van der Waals surface area contributed by atoms with Crippen molar-refractivity contribution in [2.75, 3.05) is 20.7 Å². The van der Waals surface area contributed by atoms with Gasteiger partial charge in [0.25, 0.3) is 15.9 Å². The Kier molecular flexibility index (Phi) is 9.88. The van der Waals surface area contributed by atoms with E-state index in [2.05, 4.69) is 15.0 Å². The van der Waals surface area contributed by atoms with Crippen LogP contribution >= 0.6 is 0 Å². The monoisotopic (exact) mass is 569 g/mol. The number of alkyl carbamates (subject to hydrolysis) is 1. The van der Waals surface area contributed by atoms with E-state index in [-0.39, 0.29) is 23.8 Å². The Balaban J connectivity index is 2.12. The zero-order valence-corrected chi connectivity index (χ0v) is 25.5. The summed E-state index contributed by atoms with van der Waals surface area (Å²) in [6, 6.07) is -0.941. The van der Waals surface area contributed by atoms with E-state index in [9.17, 15) is 18.0 Å². The van der Waals surface area contributed by atoms with Crippen LogP contribution in [-0.2, 0) is 30.8 Å². The number of aliphatic imine (C=N–C) groups is 1. The van der Waals surface area contributed by atoms with Crippen LogP contribution in [0, 0.1) is 20.8 Å². The fourth-order valence-electron chi connectivity index (χ4n) is 4.38. The number of fused-ring (bicyclic) bond motifs is 1. The van der Waals surface area contributed by atoms with Crippen molar-refractivity contribution < 1.29 is 32.3 Å². The van der Waals surface area contributed by atoms with Crippen molar-refractivity contribution in [1.82, 2.24) is 15.1 Å². The molecule has 1 heterocycles. The lowest BCUT2D eigenvalue weighted by Crippen LogP contribution is -2.48. The zero-order valence-electron chi connectivity index (χ0n) is 24.6. The second kappa shape index (κ2) is 12.0. The van der Waals surface area contributed by atoms with Crippen molar-refractivity contribution in [3.05, 3.63) is 22.3 Å². The number of amides is 2. The van der Waals surface area contributed by atoms with E-state index in [0.717, 1.165) is 21.9 Å². The molecule has 0 aromatic heterocycles.